The van der Waals surface area contributed by atoms with Crippen LogP contribution < -0.4 is 0 Å². The highest BCUT2D eigenvalue weighted by atomic mass is 14.9. The average Bonchev–Trinajstić information content (AvgIpc) is 2.97. The number of H-pyrrole nitrogens is 1. The first-order valence-corrected chi connectivity index (χ1v) is 8.82. The third-order valence-electron chi connectivity index (χ3n) is 4.30. The van der Waals surface area contributed by atoms with Crippen molar-refractivity contribution in [2.24, 2.45) is 0 Å². The minimum atomic E-state index is 1.10. The highest BCUT2D eigenvalue weighted by molar-refractivity contribution is 5.74. The van der Waals surface area contributed by atoms with Crippen LogP contribution in [0.4, 0.5) is 0 Å². The zero-order valence-corrected chi connectivity index (χ0v) is 13.5. The van der Waals surface area contributed by atoms with Gasteiger partial charge < -0.3 is 4.98 Å². The molecule has 0 radical (unpaired) electrons. The fraction of sp³-hybridized carbons (Fsp3) is 0.632. The minimum absolute atomic E-state index is 1.10. The highest BCUT2D eigenvalue weighted by Crippen LogP contribution is 2.15. The van der Waals surface area contributed by atoms with Crippen molar-refractivity contribution in [3.05, 3.63) is 30.1 Å². The van der Waals surface area contributed by atoms with Crippen LogP contribution in [0.2, 0.25) is 0 Å². The Bertz CT molecular complexity index is 501. The van der Waals surface area contributed by atoms with Crippen molar-refractivity contribution >= 4 is 11.0 Å². The number of unbranched alkanes of at least 4 members (excludes halogenated alkanes) is 9. The van der Waals surface area contributed by atoms with Gasteiger partial charge in [0, 0.05) is 0 Å². The molecule has 0 spiro atoms. The van der Waals surface area contributed by atoms with Crippen LogP contribution in [-0.4, -0.2) is 9.97 Å². The monoisotopic (exact) mass is 286 g/mol. The van der Waals surface area contributed by atoms with Crippen molar-refractivity contribution in [2.45, 2.75) is 77.6 Å². The first kappa shape index (κ1) is 16.1. The number of imidazole rings is 1. The third-order valence-corrected chi connectivity index (χ3v) is 4.30. The van der Waals surface area contributed by atoms with E-state index in [9.17, 15) is 0 Å². The fourth-order valence-corrected chi connectivity index (χ4v) is 2.95. The standard InChI is InChI=1S/C19H30N2/c1-2-3-4-5-6-7-8-9-10-11-12-17-13-14-18-19(15-17)21-16-20-18/h13-16H,2-12H2,1H3,(H,20,21). The average molecular weight is 286 g/mol. The summed E-state index contributed by atoms with van der Waals surface area (Å²) in [6.45, 7) is 2.28. The van der Waals surface area contributed by atoms with E-state index >= 15 is 0 Å². The summed E-state index contributed by atoms with van der Waals surface area (Å²) in [4.78, 5) is 7.47. The molecule has 2 aromatic rings. The van der Waals surface area contributed by atoms with Crippen LogP contribution in [0.25, 0.3) is 11.0 Å². The second kappa shape index (κ2) is 9.59. The summed E-state index contributed by atoms with van der Waals surface area (Å²) in [5.74, 6) is 0. The Kier molecular flexibility index (Phi) is 7.34. The van der Waals surface area contributed by atoms with Crippen molar-refractivity contribution in [3.63, 3.8) is 0 Å². The van der Waals surface area contributed by atoms with Gasteiger partial charge in [0.25, 0.3) is 0 Å². The highest BCUT2D eigenvalue weighted by Gasteiger charge is 1.99. The molecule has 1 aromatic heterocycles. The van der Waals surface area contributed by atoms with Gasteiger partial charge in [0.2, 0.25) is 0 Å². The summed E-state index contributed by atoms with van der Waals surface area (Å²) < 4.78 is 0. The van der Waals surface area contributed by atoms with Crippen LogP contribution in [0.15, 0.2) is 24.5 Å². The molecule has 0 fully saturated rings. The predicted octanol–water partition coefficient (Wildman–Crippen LogP) is 6.03. The summed E-state index contributed by atoms with van der Waals surface area (Å²) >= 11 is 0. The lowest BCUT2D eigenvalue weighted by Crippen LogP contribution is -1.87. The van der Waals surface area contributed by atoms with Gasteiger partial charge in [-0.05, 0) is 30.5 Å². The summed E-state index contributed by atoms with van der Waals surface area (Å²) in [5, 5.41) is 0. The van der Waals surface area contributed by atoms with Gasteiger partial charge in [0.05, 0.1) is 17.4 Å². The Labute approximate surface area is 129 Å². The molecule has 0 amide bonds. The predicted molar refractivity (Wildman–Crippen MR) is 91.6 cm³/mol. The number of benzene rings is 1. The molecule has 0 aliphatic rings. The molecule has 2 heteroatoms. The van der Waals surface area contributed by atoms with E-state index in [1.54, 1.807) is 6.33 Å². The van der Waals surface area contributed by atoms with Crippen LogP contribution in [0, 0.1) is 0 Å². The number of nitrogens with zero attached hydrogens (tertiary/aromatic N) is 1. The van der Waals surface area contributed by atoms with E-state index in [2.05, 4.69) is 35.1 Å². The van der Waals surface area contributed by atoms with Crippen LogP contribution >= 0.6 is 0 Å². The number of fused-ring (bicyclic) bond motifs is 1. The number of aromatic nitrogens is 2. The lowest BCUT2D eigenvalue weighted by atomic mass is 10.0. The van der Waals surface area contributed by atoms with Gasteiger partial charge in [-0.3, -0.25) is 0 Å². The molecular formula is C19H30N2. The van der Waals surface area contributed by atoms with E-state index in [4.69, 9.17) is 0 Å². The molecule has 1 N–H and O–H groups in total. The van der Waals surface area contributed by atoms with E-state index in [0.717, 1.165) is 11.0 Å². The molecule has 0 saturated carbocycles. The molecule has 116 valence electrons. The normalized spacial score (nSPS) is 11.3. The third kappa shape index (κ3) is 5.91. The van der Waals surface area contributed by atoms with Gasteiger partial charge in [-0.25, -0.2) is 4.98 Å². The molecule has 0 unspecified atom stereocenters. The summed E-state index contributed by atoms with van der Waals surface area (Å²) in [6.07, 6.45) is 17.0. The lowest BCUT2D eigenvalue weighted by molar-refractivity contribution is 0.556. The minimum Gasteiger partial charge on any atom is -0.345 e. The molecule has 2 nitrogen and oxygen atoms in total. The molecule has 0 aliphatic heterocycles. The van der Waals surface area contributed by atoms with Crippen LogP contribution in [0.3, 0.4) is 0 Å². The van der Waals surface area contributed by atoms with Crippen molar-refractivity contribution in [1.82, 2.24) is 9.97 Å². The maximum atomic E-state index is 4.32. The topological polar surface area (TPSA) is 28.7 Å². The molecule has 1 heterocycles. The van der Waals surface area contributed by atoms with E-state index < -0.39 is 0 Å². The van der Waals surface area contributed by atoms with Crippen molar-refractivity contribution < 1.29 is 0 Å². The number of hydrogen-bond acceptors (Lipinski definition) is 1. The maximum Gasteiger partial charge on any atom is 0.0931 e. The maximum absolute atomic E-state index is 4.32. The Balaban J connectivity index is 1.49. The number of hydrogen-bond donors (Lipinski definition) is 1. The number of rotatable bonds is 11. The van der Waals surface area contributed by atoms with Crippen molar-refractivity contribution in [3.8, 4) is 0 Å². The molecule has 0 atom stereocenters. The summed E-state index contributed by atoms with van der Waals surface area (Å²) in [6, 6.07) is 6.60. The van der Waals surface area contributed by atoms with Gasteiger partial charge in [-0.2, -0.15) is 0 Å². The van der Waals surface area contributed by atoms with Gasteiger partial charge in [-0.1, -0.05) is 70.8 Å². The molecule has 0 bridgehead atoms. The smallest absolute Gasteiger partial charge is 0.0931 e. The Hall–Kier alpha value is -1.31. The largest absolute Gasteiger partial charge is 0.345 e. The van der Waals surface area contributed by atoms with Gasteiger partial charge in [0.1, 0.15) is 0 Å². The molecular weight excluding hydrogens is 256 g/mol. The summed E-state index contributed by atoms with van der Waals surface area (Å²) in [5.41, 5.74) is 3.66. The molecule has 0 aliphatic carbocycles. The zero-order chi connectivity index (χ0) is 14.8. The molecule has 0 saturated heterocycles. The van der Waals surface area contributed by atoms with Crippen molar-refractivity contribution in [2.75, 3.05) is 0 Å². The quantitative estimate of drug-likeness (QED) is 0.502. The zero-order valence-electron chi connectivity index (χ0n) is 13.5. The number of aryl methyl sites for hydroxylation is 1. The van der Waals surface area contributed by atoms with Crippen LogP contribution in [0.5, 0.6) is 0 Å². The van der Waals surface area contributed by atoms with Crippen molar-refractivity contribution in [1.29, 1.82) is 0 Å². The second-order valence-corrected chi connectivity index (χ2v) is 6.19. The fourth-order valence-electron chi connectivity index (χ4n) is 2.95. The number of nitrogens with one attached hydrogen (secondary N) is 1. The first-order chi connectivity index (χ1) is 10.4. The number of aromatic amines is 1. The molecule has 1 aromatic carbocycles. The molecule has 21 heavy (non-hydrogen) atoms. The van der Waals surface area contributed by atoms with Gasteiger partial charge in [-0.15, -0.1) is 0 Å². The van der Waals surface area contributed by atoms with Gasteiger partial charge in [0.15, 0.2) is 0 Å². The Morgan fingerprint density at radius 3 is 2.24 bits per heavy atom. The first-order valence-electron chi connectivity index (χ1n) is 8.82. The van der Waals surface area contributed by atoms with E-state index in [1.165, 1.54) is 76.2 Å². The Morgan fingerprint density at radius 2 is 1.52 bits per heavy atom. The lowest BCUT2D eigenvalue weighted by Gasteiger charge is -2.03. The van der Waals surface area contributed by atoms with E-state index in [-0.39, 0.29) is 0 Å². The SMILES string of the molecule is CCCCCCCCCCCCc1ccc2[nH]cnc2c1. The molecule has 2 rings (SSSR count). The second-order valence-electron chi connectivity index (χ2n) is 6.19. The van der Waals surface area contributed by atoms with Crippen LogP contribution in [0.1, 0.15) is 76.7 Å². The van der Waals surface area contributed by atoms with E-state index in [1.807, 2.05) is 0 Å². The summed E-state index contributed by atoms with van der Waals surface area (Å²) in [7, 11) is 0. The van der Waals surface area contributed by atoms with Gasteiger partial charge >= 0.3 is 0 Å². The Morgan fingerprint density at radius 1 is 0.857 bits per heavy atom. The van der Waals surface area contributed by atoms with E-state index in [0.29, 0.717) is 0 Å². The van der Waals surface area contributed by atoms with Crippen LogP contribution in [-0.2, 0) is 6.42 Å².